The summed E-state index contributed by atoms with van der Waals surface area (Å²) in [5.74, 6) is 1.28. The fourth-order valence-electron chi connectivity index (χ4n) is 2.99. The summed E-state index contributed by atoms with van der Waals surface area (Å²) in [6, 6.07) is 0. The highest BCUT2D eigenvalue weighted by Gasteiger charge is 2.33. The largest absolute Gasteiger partial charge is 0.434 e. The summed E-state index contributed by atoms with van der Waals surface area (Å²) in [4.78, 5) is 10.8. The van der Waals surface area contributed by atoms with Crippen LogP contribution in [0.2, 0.25) is 0 Å². The molecule has 1 aromatic heterocycles. The van der Waals surface area contributed by atoms with Crippen LogP contribution in [0.3, 0.4) is 0 Å². The first-order valence-electron chi connectivity index (χ1n) is 9.18. The lowest BCUT2D eigenvalue weighted by molar-refractivity contribution is -0.140. The van der Waals surface area contributed by atoms with Crippen LogP contribution in [0, 0.1) is 5.92 Å². The lowest BCUT2D eigenvalue weighted by Gasteiger charge is -2.31. The molecule has 1 aliphatic heterocycles. The number of thiazole rings is 1. The van der Waals surface area contributed by atoms with Gasteiger partial charge in [-0.1, -0.05) is 6.92 Å². The maximum atomic E-state index is 12.6. The SMILES string of the molecule is CCNC(=NCC1CCCN(CC)C1)NCCc1nc(C(F)(F)F)cs1.I. The van der Waals surface area contributed by atoms with Crippen LogP contribution in [0.1, 0.15) is 37.4 Å². The Kier molecular flexibility index (Phi) is 10.9. The Hall–Kier alpha value is -0.620. The Morgan fingerprint density at radius 1 is 1.37 bits per heavy atom. The lowest BCUT2D eigenvalue weighted by Crippen LogP contribution is -2.40. The van der Waals surface area contributed by atoms with Gasteiger partial charge in [-0.05, 0) is 38.8 Å². The molecule has 1 aromatic rings. The highest BCUT2D eigenvalue weighted by atomic mass is 127. The molecule has 1 aliphatic rings. The molecule has 0 amide bonds. The van der Waals surface area contributed by atoms with Crippen molar-refractivity contribution in [3.05, 3.63) is 16.1 Å². The lowest BCUT2D eigenvalue weighted by atomic mass is 9.98. The number of hydrogen-bond donors (Lipinski definition) is 2. The molecule has 5 nitrogen and oxygen atoms in total. The molecule has 0 aromatic carbocycles. The van der Waals surface area contributed by atoms with E-state index < -0.39 is 11.9 Å². The van der Waals surface area contributed by atoms with Crippen molar-refractivity contribution in [3.8, 4) is 0 Å². The number of halogens is 4. The number of rotatable bonds is 7. The molecule has 0 spiro atoms. The average Bonchev–Trinajstić information content (AvgIpc) is 3.09. The average molecular weight is 519 g/mol. The number of aromatic nitrogens is 1. The Labute approximate surface area is 180 Å². The molecule has 2 N–H and O–H groups in total. The normalized spacial score (nSPS) is 18.9. The second-order valence-corrected chi connectivity index (χ2v) is 7.36. The zero-order valence-corrected chi connectivity index (χ0v) is 19.0. The second-order valence-electron chi connectivity index (χ2n) is 6.42. The number of guanidine groups is 1. The van der Waals surface area contributed by atoms with Crippen LogP contribution in [-0.4, -0.2) is 55.1 Å². The van der Waals surface area contributed by atoms with E-state index >= 15 is 0 Å². The molecule has 27 heavy (non-hydrogen) atoms. The third-order valence-corrected chi connectivity index (χ3v) is 5.28. The summed E-state index contributed by atoms with van der Waals surface area (Å²) < 4.78 is 37.7. The van der Waals surface area contributed by atoms with Gasteiger partial charge in [-0.3, -0.25) is 4.99 Å². The summed E-state index contributed by atoms with van der Waals surface area (Å²) in [6.07, 6.45) is -1.52. The molecule has 1 unspecified atom stereocenters. The quantitative estimate of drug-likeness (QED) is 0.329. The molecule has 1 saturated heterocycles. The molecule has 1 atom stereocenters. The predicted molar refractivity (Wildman–Crippen MR) is 115 cm³/mol. The van der Waals surface area contributed by atoms with Crippen LogP contribution in [0.4, 0.5) is 13.2 Å². The first-order chi connectivity index (χ1) is 12.4. The summed E-state index contributed by atoms with van der Waals surface area (Å²) >= 11 is 1.04. The maximum Gasteiger partial charge on any atom is 0.434 e. The van der Waals surface area contributed by atoms with Crippen LogP contribution in [0.15, 0.2) is 10.4 Å². The van der Waals surface area contributed by atoms with Crippen molar-refractivity contribution in [2.75, 3.05) is 39.3 Å². The van der Waals surface area contributed by atoms with E-state index in [1.165, 1.54) is 19.4 Å². The van der Waals surface area contributed by atoms with Gasteiger partial charge in [-0.25, -0.2) is 4.98 Å². The van der Waals surface area contributed by atoms with Gasteiger partial charge in [-0.2, -0.15) is 13.2 Å². The van der Waals surface area contributed by atoms with Gasteiger partial charge < -0.3 is 15.5 Å². The zero-order valence-electron chi connectivity index (χ0n) is 15.8. The van der Waals surface area contributed by atoms with E-state index in [1.54, 1.807) is 0 Å². The number of nitrogens with zero attached hydrogens (tertiary/aromatic N) is 3. The standard InChI is InChI=1S/C17H28F3N5S.HI/c1-3-21-16(23-10-13-6-5-9-25(4-2)11-13)22-8-7-15-24-14(12-26-15)17(18,19)20;/h12-13H,3-11H2,1-2H3,(H2,21,22,23);1H. The van der Waals surface area contributed by atoms with E-state index in [1.807, 2.05) is 6.92 Å². The molecular weight excluding hydrogens is 490 g/mol. The molecule has 0 bridgehead atoms. The summed E-state index contributed by atoms with van der Waals surface area (Å²) in [7, 11) is 0. The van der Waals surface area contributed by atoms with Crippen LogP contribution in [0.5, 0.6) is 0 Å². The first kappa shape index (κ1) is 24.4. The van der Waals surface area contributed by atoms with Gasteiger partial charge in [0.25, 0.3) is 0 Å². The molecule has 1 fully saturated rings. The first-order valence-corrected chi connectivity index (χ1v) is 10.1. The molecule has 0 radical (unpaired) electrons. The van der Waals surface area contributed by atoms with Crippen molar-refractivity contribution in [1.82, 2.24) is 20.5 Å². The minimum Gasteiger partial charge on any atom is -0.357 e. The van der Waals surface area contributed by atoms with Crippen LogP contribution >= 0.6 is 35.3 Å². The summed E-state index contributed by atoms with van der Waals surface area (Å²) in [5.41, 5.74) is -0.809. The van der Waals surface area contributed by atoms with Crippen molar-refractivity contribution in [1.29, 1.82) is 0 Å². The molecular formula is C17H29F3IN5S. The fraction of sp³-hybridized carbons (Fsp3) is 0.765. The number of hydrogen-bond acceptors (Lipinski definition) is 4. The van der Waals surface area contributed by atoms with Gasteiger partial charge in [0.05, 0.1) is 5.01 Å². The molecule has 2 rings (SSSR count). The summed E-state index contributed by atoms with van der Waals surface area (Å²) in [6.45, 7) is 9.51. The van der Waals surface area contributed by atoms with E-state index in [9.17, 15) is 13.2 Å². The Balaban J connectivity index is 0.00000364. The molecule has 0 aliphatic carbocycles. The highest BCUT2D eigenvalue weighted by molar-refractivity contribution is 14.0. The number of likely N-dealkylation sites (tertiary alicyclic amines) is 1. The number of alkyl halides is 3. The fourth-order valence-corrected chi connectivity index (χ4v) is 3.80. The molecule has 156 valence electrons. The smallest absolute Gasteiger partial charge is 0.357 e. The number of nitrogens with one attached hydrogen (secondary N) is 2. The van der Waals surface area contributed by atoms with E-state index in [0.29, 0.717) is 29.9 Å². The highest BCUT2D eigenvalue weighted by Crippen LogP contribution is 2.30. The third kappa shape index (κ3) is 8.51. The maximum absolute atomic E-state index is 12.6. The molecule has 2 heterocycles. The monoisotopic (exact) mass is 519 g/mol. The summed E-state index contributed by atoms with van der Waals surface area (Å²) in [5, 5.41) is 7.93. The van der Waals surface area contributed by atoms with E-state index in [4.69, 9.17) is 0 Å². The van der Waals surface area contributed by atoms with Gasteiger partial charge in [0, 0.05) is 38.0 Å². The van der Waals surface area contributed by atoms with Gasteiger partial charge in [0.2, 0.25) is 0 Å². The minimum atomic E-state index is -4.37. The van der Waals surface area contributed by atoms with Crippen molar-refractivity contribution in [2.45, 2.75) is 39.3 Å². The molecule has 10 heteroatoms. The van der Waals surface area contributed by atoms with Crippen molar-refractivity contribution in [2.24, 2.45) is 10.9 Å². The number of aliphatic imine (C=N–C) groups is 1. The van der Waals surface area contributed by atoms with Crippen LogP contribution in [-0.2, 0) is 12.6 Å². The van der Waals surface area contributed by atoms with Crippen molar-refractivity contribution >= 4 is 41.3 Å². The Morgan fingerprint density at radius 2 is 2.15 bits per heavy atom. The van der Waals surface area contributed by atoms with E-state index in [2.05, 4.69) is 32.4 Å². The van der Waals surface area contributed by atoms with Gasteiger partial charge in [0.1, 0.15) is 0 Å². The predicted octanol–water partition coefficient (Wildman–Crippen LogP) is 3.61. The van der Waals surface area contributed by atoms with Crippen LogP contribution in [0.25, 0.3) is 0 Å². The Bertz CT molecular complexity index is 579. The third-order valence-electron chi connectivity index (χ3n) is 4.38. The van der Waals surface area contributed by atoms with Crippen molar-refractivity contribution in [3.63, 3.8) is 0 Å². The van der Waals surface area contributed by atoms with Crippen LogP contribution < -0.4 is 10.6 Å². The van der Waals surface area contributed by atoms with Crippen molar-refractivity contribution < 1.29 is 13.2 Å². The van der Waals surface area contributed by atoms with Gasteiger partial charge >= 0.3 is 6.18 Å². The zero-order chi connectivity index (χ0) is 19.0. The molecule has 0 saturated carbocycles. The van der Waals surface area contributed by atoms with Gasteiger partial charge in [0.15, 0.2) is 11.7 Å². The second kappa shape index (κ2) is 12.1. The van der Waals surface area contributed by atoms with E-state index in [-0.39, 0.29) is 24.0 Å². The Morgan fingerprint density at radius 3 is 2.78 bits per heavy atom. The topological polar surface area (TPSA) is 52.6 Å². The van der Waals surface area contributed by atoms with Gasteiger partial charge in [-0.15, -0.1) is 35.3 Å². The minimum absolute atomic E-state index is 0. The van der Waals surface area contributed by atoms with E-state index in [0.717, 1.165) is 42.9 Å². The number of piperidine rings is 1.